The van der Waals surface area contributed by atoms with Gasteiger partial charge in [-0.3, -0.25) is 0 Å². The van der Waals surface area contributed by atoms with E-state index in [1.807, 2.05) is 0 Å². The lowest BCUT2D eigenvalue weighted by atomic mass is 10.1. The minimum Gasteiger partial charge on any atom is -0.396 e. The molecule has 2 atom stereocenters. The third kappa shape index (κ3) is 2.52. The van der Waals surface area contributed by atoms with E-state index in [0.29, 0.717) is 18.6 Å². The molecule has 0 unspecified atom stereocenters. The fourth-order valence-electron chi connectivity index (χ4n) is 1.17. The summed E-state index contributed by atoms with van der Waals surface area (Å²) in [6.07, 6.45) is 1.14. The molecule has 0 aliphatic carbocycles. The van der Waals surface area contributed by atoms with Crippen LogP contribution in [0.25, 0.3) is 0 Å². The van der Waals surface area contributed by atoms with Crippen molar-refractivity contribution in [1.82, 2.24) is 5.32 Å². The maximum Gasteiger partial charge on any atom is 0.0471 e. The van der Waals surface area contributed by atoms with E-state index in [0.717, 1.165) is 13.0 Å². The van der Waals surface area contributed by atoms with Gasteiger partial charge in [0.2, 0.25) is 0 Å². The lowest BCUT2D eigenvalue weighted by molar-refractivity contribution is 0.236. The third-order valence-electron chi connectivity index (χ3n) is 1.70. The van der Waals surface area contributed by atoms with Crippen LogP contribution < -0.4 is 5.32 Å². The molecule has 0 radical (unpaired) electrons. The highest BCUT2D eigenvalue weighted by Gasteiger charge is 2.18. The molecule has 56 valence electrons. The number of halogens is 1. The Hall–Kier alpha value is 0.210. The molecule has 1 saturated heterocycles. The zero-order chi connectivity index (χ0) is 5.98. The molecule has 1 aliphatic rings. The second-order valence-corrected chi connectivity index (χ2v) is 2.59. The quantitative estimate of drug-likeness (QED) is 0.569. The van der Waals surface area contributed by atoms with E-state index in [9.17, 15) is 0 Å². The molecule has 0 aromatic carbocycles. The van der Waals surface area contributed by atoms with Gasteiger partial charge < -0.3 is 10.4 Å². The summed E-state index contributed by atoms with van der Waals surface area (Å²) in [4.78, 5) is 0. The summed E-state index contributed by atoms with van der Waals surface area (Å²) < 4.78 is 0. The van der Waals surface area contributed by atoms with E-state index in [-0.39, 0.29) is 12.4 Å². The van der Waals surface area contributed by atoms with Crippen LogP contribution in [0.1, 0.15) is 13.3 Å². The molecule has 9 heavy (non-hydrogen) atoms. The van der Waals surface area contributed by atoms with Gasteiger partial charge in [0.15, 0.2) is 0 Å². The van der Waals surface area contributed by atoms with Crippen molar-refractivity contribution in [3.63, 3.8) is 0 Å². The Balaban J connectivity index is 0.000000640. The van der Waals surface area contributed by atoms with Gasteiger partial charge >= 0.3 is 0 Å². The molecule has 1 rings (SSSR count). The molecule has 3 heteroatoms. The van der Waals surface area contributed by atoms with Crippen LogP contribution in [0.5, 0.6) is 0 Å². The number of aliphatic hydroxyl groups excluding tert-OH is 1. The summed E-state index contributed by atoms with van der Waals surface area (Å²) in [6.45, 7) is 3.49. The van der Waals surface area contributed by atoms with E-state index in [2.05, 4.69) is 12.2 Å². The lowest BCUT2D eigenvalue weighted by Crippen LogP contribution is -2.17. The van der Waals surface area contributed by atoms with Crippen LogP contribution >= 0.6 is 12.4 Å². The minimum atomic E-state index is 0. The van der Waals surface area contributed by atoms with E-state index in [4.69, 9.17) is 5.11 Å². The zero-order valence-corrected chi connectivity index (χ0v) is 6.45. The first-order valence-corrected chi connectivity index (χ1v) is 3.17. The van der Waals surface area contributed by atoms with Gasteiger partial charge in [-0.25, -0.2) is 0 Å². The Morgan fingerprint density at radius 2 is 2.33 bits per heavy atom. The predicted octanol–water partition coefficient (Wildman–Crippen LogP) is 0.399. The summed E-state index contributed by atoms with van der Waals surface area (Å²) in [7, 11) is 0. The van der Waals surface area contributed by atoms with Crippen molar-refractivity contribution < 1.29 is 5.11 Å². The van der Waals surface area contributed by atoms with Gasteiger partial charge in [0.05, 0.1) is 0 Å². The minimum absolute atomic E-state index is 0. The second-order valence-electron chi connectivity index (χ2n) is 2.59. The molecule has 1 fully saturated rings. The Morgan fingerprint density at radius 3 is 2.56 bits per heavy atom. The van der Waals surface area contributed by atoms with Gasteiger partial charge in [0, 0.05) is 19.2 Å². The maximum absolute atomic E-state index is 8.64. The van der Waals surface area contributed by atoms with Crippen molar-refractivity contribution in [2.75, 3.05) is 13.2 Å². The molecule has 1 heterocycles. The van der Waals surface area contributed by atoms with Gasteiger partial charge in [0.1, 0.15) is 0 Å². The molecular formula is C6H14ClNO. The van der Waals surface area contributed by atoms with Gasteiger partial charge in [-0.05, 0) is 19.3 Å². The first-order chi connectivity index (χ1) is 3.83. The van der Waals surface area contributed by atoms with E-state index < -0.39 is 0 Å². The molecule has 0 spiro atoms. The average Bonchev–Trinajstić information content (AvgIpc) is 2.14. The Kier molecular flexibility index (Phi) is 4.19. The monoisotopic (exact) mass is 151 g/mol. The highest BCUT2D eigenvalue weighted by Crippen LogP contribution is 2.11. The standard InChI is InChI=1S/C6H13NO.ClH/c1-5-2-6(4-8)3-7-5;/h5-8H,2-4H2,1H3;1H/t5-,6+;/m0./s1. The van der Waals surface area contributed by atoms with Gasteiger partial charge in [-0.2, -0.15) is 0 Å². The summed E-state index contributed by atoms with van der Waals surface area (Å²) >= 11 is 0. The van der Waals surface area contributed by atoms with Gasteiger partial charge in [-0.15, -0.1) is 12.4 Å². The molecular weight excluding hydrogens is 138 g/mol. The first kappa shape index (κ1) is 9.21. The smallest absolute Gasteiger partial charge is 0.0471 e. The molecule has 0 aromatic rings. The SMILES string of the molecule is C[C@H]1C[C@@H](CO)CN1.Cl. The molecule has 2 nitrogen and oxygen atoms in total. The number of hydrogen-bond acceptors (Lipinski definition) is 2. The number of rotatable bonds is 1. The second kappa shape index (κ2) is 4.09. The van der Waals surface area contributed by atoms with Gasteiger partial charge in [0.25, 0.3) is 0 Å². The maximum atomic E-state index is 8.64. The fraction of sp³-hybridized carbons (Fsp3) is 1.00. The molecule has 0 bridgehead atoms. The molecule has 0 aromatic heterocycles. The number of nitrogens with one attached hydrogen (secondary N) is 1. The average molecular weight is 152 g/mol. The van der Waals surface area contributed by atoms with Crippen LogP contribution in [0.15, 0.2) is 0 Å². The van der Waals surface area contributed by atoms with Crippen LogP contribution in [0.3, 0.4) is 0 Å². The Morgan fingerprint density at radius 1 is 1.67 bits per heavy atom. The van der Waals surface area contributed by atoms with E-state index >= 15 is 0 Å². The first-order valence-electron chi connectivity index (χ1n) is 3.17. The van der Waals surface area contributed by atoms with E-state index in [1.54, 1.807) is 0 Å². The third-order valence-corrected chi connectivity index (χ3v) is 1.70. The summed E-state index contributed by atoms with van der Waals surface area (Å²) in [6, 6.07) is 0.618. The summed E-state index contributed by atoms with van der Waals surface area (Å²) in [5, 5.41) is 11.9. The highest BCUT2D eigenvalue weighted by atomic mass is 35.5. The van der Waals surface area contributed by atoms with Crippen LogP contribution in [0.4, 0.5) is 0 Å². The van der Waals surface area contributed by atoms with Crippen LogP contribution in [0.2, 0.25) is 0 Å². The molecule has 0 saturated carbocycles. The van der Waals surface area contributed by atoms with Crippen LogP contribution in [-0.2, 0) is 0 Å². The largest absolute Gasteiger partial charge is 0.396 e. The van der Waals surface area contributed by atoms with Crippen molar-refractivity contribution in [2.24, 2.45) is 5.92 Å². The highest BCUT2D eigenvalue weighted by molar-refractivity contribution is 5.85. The van der Waals surface area contributed by atoms with Crippen molar-refractivity contribution in [1.29, 1.82) is 0 Å². The Bertz CT molecular complexity index is 79.5. The van der Waals surface area contributed by atoms with Crippen molar-refractivity contribution in [2.45, 2.75) is 19.4 Å². The molecule has 0 amide bonds. The summed E-state index contributed by atoms with van der Waals surface area (Å²) in [5.41, 5.74) is 0. The topological polar surface area (TPSA) is 32.3 Å². The molecule has 2 N–H and O–H groups in total. The van der Waals surface area contributed by atoms with Crippen molar-refractivity contribution in [3.8, 4) is 0 Å². The normalized spacial score (nSPS) is 34.0. The molecule has 1 aliphatic heterocycles. The summed E-state index contributed by atoms with van der Waals surface area (Å²) in [5.74, 6) is 0.519. The van der Waals surface area contributed by atoms with Crippen LogP contribution in [-0.4, -0.2) is 24.3 Å². The van der Waals surface area contributed by atoms with Gasteiger partial charge in [-0.1, -0.05) is 0 Å². The number of aliphatic hydroxyl groups is 1. The Labute approximate surface area is 62.1 Å². The number of hydrogen-bond donors (Lipinski definition) is 2. The zero-order valence-electron chi connectivity index (χ0n) is 5.63. The van der Waals surface area contributed by atoms with Crippen LogP contribution in [0, 0.1) is 5.92 Å². The van der Waals surface area contributed by atoms with Crippen molar-refractivity contribution in [3.05, 3.63) is 0 Å². The van der Waals surface area contributed by atoms with E-state index in [1.165, 1.54) is 0 Å². The van der Waals surface area contributed by atoms with Crippen molar-refractivity contribution >= 4 is 12.4 Å². The predicted molar refractivity (Wildman–Crippen MR) is 39.9 cm³/mol. The fourth-order valence-corrected chi connectivity index (χ4v) is 1.17. The lowest BCUT2D eigenvalue weighted by Gasteiger charge is -1.99.